The summed E-state index contributed by atoms with van der Waals surface area (Å²) in [5, 5.41) is 9.44. The second-order valence-electron chi connectivity index (χ2n) is 4.91. The summed E-state index contributed by atoms with van der Waals surface area (Å²) in [6, 6.07) is -0.215. The Morgan fingerprint density at radius 1 is 1.47 bits per heavy atom. The monoisotopic (exact) mass is 293 g/mol. The Morgan fingerprint density at radius 2 is 2.16 bits per heavy atom. The quantitative estimate of drug-likeness (QED) is 0.721. The number of piperidine rings is 1. The van der Waals surface area contributed by atoms with Crippen LogP contribution in [-0.4, -0.2) is 54.8 Å². The van der Waals surface area contributed by atoms with Crippen molar-refractivity contribution < 1.29 is 23.1 Å². The lowest BCUT2D eigenvalue weighted by Gasteiger charge is -2.35. The van der Waals surface area contributed by atoms with Gasteiger partial charge in [-0.05, 0) is 33.1 Å². The van der Waals surface area contributed by atoms with E-state index in [1.54, 1.807) is 13.8 Å². The molecule has 0 aromatic heterocycles. The van der Waals surface area contributed by atoms with Crippen molar-refractivity contribution in [2.45, 2.75) is 51.7 Å². The van der Waals surface area contributed by atoms with Crippen LogP contribution in [0.15, 0.2) is 0 Å². The molecule has 112 valence electrons. The van der Waals surface area contributed by atoms with E-state index in [0.717, 1.165) is 19.3 Å². The van der Waals surface area contributed by atoms with E-state index in [4.69, 9.17) is 4.74 Å². The molecule has 1 rings (SSSR count). The second kappa shape index (κ2) is 7.21. The van der Waals surface area contributed by atoms with Gasteiger partial charge in [-0.25, -0.2) is 8.42 Å². The van der Waals surface area contributed by atoms with Gasteiger partial charge in [-0.1, -0.05) is 6.42 Å². The highest BCUT2D eigenvalue weighted by Crippen LogP contribution is 2.24. The number of hydrogen-bond acceptors (Lipinski definition) is 5. The van der Waals surface area contributed by atoms with Crippen molar-refractivity contribution in [3.05, 3.63) is 0 Å². The Labute approximate surface area is 114 Å². The third-order valence-electron chi connectivity index (χ3n) is 3.15. The van der Waals surface area contributed by atoms with Crippen LogP contribution in [0, 0.1) is 0 Å². The first-order valence-corrected chi connectivity index (χ1v) is 8.31. The maximum atomic E-state index is 12.2. The van der Waals surface area contributed by atoms with Crippen LogP contribution in [0.5, 0.6) is 0 Å². The number of hydrogen-bond donors (Lipinski definition) is 1. The molecule has 1 saturated heterocycles. The minimum atomic E-state index is -3.65. The summed E-state index contributed by atoms with van der Waals surface area (Å²) in [6.07, 6.45) is 2.32. The Morgan fingerprint density at radius 3 is 2.74 bits per heavy atom. The fourth-order valence-electron chi connectivity index (χ4n) is 2.40. The lowest BCUT2D eigenvalue weighted by atomic mass is 10.00. The highest BCUT2D eigenvalue weighted by molar-refractivity contribution is 7.89. The zero-order valence-corrected chi connectivity index (χ0v) is 12.4. The molecule has 1 heterocycles. The van der Waals surface area contributed by atoms with Gasteiger partial charge in [0.2, 0.25) is 10.0 Å². The highest BCUT2D eigenvalue weighted by atomic mass is 32.2. The third-order valence-corrected chi connectivity index (χ3v) is 4.94. The van der Waals surface area contributed by atoms with Crippen molar-refractivity contribution in [1.29, 1.82) is 0 Å². The molecule has 0 aromatic rings. The summed E-state index contributed by atoms with van der Waals surface area (Å²) >= 11 is 0. The van der Waals surface area contributed by atoms with Crippen molar-refractivity contribution in [3.63, 3.8) is 0 Å². The molecule has 19 heavy (non-hydrogen) atoms. The molecule has 1 N–H and O–H groups in total. The molecule has 0 aliphatic carbocycles. The van der Waals surface area contributed by atoms with Crippen LogP contribution in [0.2, 0.25) is 0 Å². The smallest absolute Gasteiger partial charge is 0.322 e. The molecule has 7 heteroatoms. The predicted octanol–water partition coefficient (Wildman–Crippen LogP) is 0.505. The molecule has 0 bridgehead atoms. The van der Waals surface area contributed by atoms with Crippen molar-refractivity contribution >= 4 is 16.0 Å². The van der Waals surface area contributed by atoms with Gasteiger partial charge in [-0.15, -0.1) is 0 Å². The van der Waals surface area contributed by atoms with E-state index in [2.05, 4.69) is 0 Å². The Kier molecular flexibility index (Phi) is 6.22. The highest BCUT2D eigenvalue weighted by Gasteiger charge is 2.34. The Bertz CT molecular complexity index is 393. The summed E-state index contributed by atoms with van der Waals surface area (Å²) in [5.74, 6) is -1.33. The van der Waals surface area contributed by atoms with Crippen LogP contribution in [0.3, 0.4) is 0 Å². The molecular weight excluding hydrogens is 270 g/mol. The number of esters is 1. The molecule has 1 aliphatic rings. The van der Waals surface area contributed by atoms with E-state index in [-0.39, 0.29) is 12.6 Å². The SMILES string of the molecule is CCOC(=O)CS(=O)(=O)N1CCCCC1CC(C)O. The van der Waals surface area contributed by atoms with Crippen LogP contribution >= 0.6 is 0 Å². The minimum Gasteiger partial charge on any atom is -0.465 e. The van der Waals surface area contributed by atoms with E-state index in [9.17, 15) is 18.3 Å². The molecule has 2 unspecified atom stereocenters. The van der Waals surface area contributed by atoms with Crippen molar-refractivity contribution in [1.82, 2.24) is 4.31 Å². The molecule has 0 aromatic carbocycles. The Hall–Kier alpha value is -0.660. The molecular formula is C12H23NO5S. The fourth-order valence-corrected chi connectivity index (χ4v) is 4.00. The number of ether oxygens (including phenoxy) is 1. The number of carbonyl (C=O) groups excluding carboxylic acids is 1. The topological polar surface area (TPSA) is 83.9 Å². The summed E-state index contributed by atoms with van der Waals surface area (Å²) < 4.78 is 30.5. The van der Waals surface area contributed by atoms with Gasteiger partial charge in [0.25, 0.3) is 0 Å². The molecule has 6 nitrogen and oxygen atoms in total. The van der Waals surface area contributed by atoms with Crippen LogP contribution in [0.1, 0.15) is 39.5 Å². The number of nitrogens with zero attached hydrogens (tertiary/aromatic N) is 1. The second-order valence-corrected chi connectivity index (χ2v) is 6.83. The molecule has 0 saturated carbocycles. The number of carbonyl (C=O) groups is 1. The summed E-state index contributed by atoms with van der Waals surface area (Å²) in [4.78, 5) is 11.4. The maximum absolute atomic E-state index is 12.2. The van der Waals surface area contributed by atoms with Crippen molar-refractivity contribution in [3.8, 4) is 0 Å². The Balaban J connectivity index is 2.75. The molecule has 1 aliphatic heterocycles. The number of aliphatic hydroxyl groups excluding tert-OH is 1. The van der Waals surface area contributed by atoms with Crippen LogP contribution < -0.4 is 0 Å². The van der Waals surface area contributed by atoms with E-state index in [1.165, 1.54) is 4.31 Å². The molecule has 1 fully saturated rings. The molecule has 2 atom stereocenters. The fraction of sp³-hybridized carbons (Fsp3) is 0.917. The molecule has 0 radical (unpaired) electrons. The largest absolute Gasteiger partial charge is 0.465 e. The standard InChI is InChI=1S/C12H23NO5S/c1-3-18-12(15)9-19(16,17)13-7-5-4-6-11(13)8-10(2)14/h10-11,14H,3-9H2,1-2H3. The minimum absolute atomic E-state index is 0.172. The van der Waals surface area contributed by atoms with Crippen LogP contribution in [0.25, 0.3) is 0 Å². The summed E-state index contributed by atoms with van der Waals surface area (Å²) in [7, 11) is -3.65. The van der Waals surface area contributed by atoms with Crippen molar-refractivity contribution in [2.75, 3.05) is 18.9 Å². The predicted molar refractivity (Wildman–Crippen MR) is 71.1 cm³/mol. The lowest BCUT2D eigenvalue weighted by molar-refractivity contribution is -0.140. The van der Waals surface area contributed by atoms with Gasteiger partial charge in [0, 0.05) is 12.6 Å². The zero-order valence-electron chi connectivity index (χ0n) is 11.5. The normalized spacial score (nSPS) is 23.0. The zero-order chi connectivity index (χ0) is 14.5. The van der Waals surface area contributed by atoms with Gasteiger partial charge < -0.3 is 9.84 Å². The van der Waals surface area contributed by atoms with E-state index in [1.807, 2.05) is 0 Å². The van der Waals surface area contributed by atoms with Gasteiger partial charge in [-0.3, -0.25) is 4.79 Å². The third kappa shape index (κ3) is 5.08. The van der Waals surface area contributed by atoms with Crippen molar-refractivity contribution in [2.24, 2.45) is 0 Å². The van der Waals surface area contributed by atoms with E-state index >= 15 is 0 Å². The number of sulfonamides is 1. The lowest BCUT2D eigenvalue weighted by Crippen LogP contribution is -2.47. The first-order chi connectivity index (χ1) is 8.86. The van der Waals surface area contributed by atoms with Crippen LogP contribution in [0.4, 0.5) is 0 Å². The number of aliphatic hydroxyl groups is 1. The van der Waals surface area contributed by atoms with E-state index < -0.39 is 27.8 Å². The average Bonchev–Trinajstić information content (AvgIpc) is 2.28. The molecule has 0 amide bonds. The average molecular weight is 293 g/mol. The van der Waals surface area contributed by atoms with Gasteiger partial charge in [0.1, 0.15) is 0 Å². The summed E-state index contributed by atoms with van der Waals surface area (Å²) in [5.41, 5.74) is 0. The first kappa shape index (κ1) is 16.4. The van der Waals surface area contributed by atoms with Gasteiger partial charge >= 0.3 is 5.97 Å². The maximum Gasteiger partial charge on any atom is 0.322 e. The summed E-state index contributed by atoms with van der Waals surface area (Å²) in [6.45, 7) is 3.87. The van der Waals surface area contributed by atoms with E-state index in [0.29, 0.717) is 13.0 Å². The number of rotatable bonds is 6. The van der Waals surface area contributed by atoms with Gasteiger partial charge in [-0.2, -0.15) is 4.31 Å². The van der Waals surface area contributed by atoms with Crippen LogP contribution in [-0.2, 0) is 19.6 Å². The molecule has 0 spiro atoms. The van der Waals surface area contributed by atoms with Gasteiger partial charge in [0.05, 0.1) is 12.7 Å². The van der Waals surface area contributed by atoms with Gasteiger partial charge in [0.15, 0.2) is 5.75 Å². The first-order valence-electron chi connectivity index (χ1n) is 6.70.